The van der Waals surface area contributed by atoms with Gasteiger partial charge in [-0.05, 0) is 24.3 Å². The molecule has 3 aromatic heterocycles. The van der Waals surface area contributed by atoms with Crippen molar-refractivity contribution in [3.8, 4) is 11.5 Å². The molecule has 0 spiro atoms. The lowest BCUT2D eigenvalue weighted by Crippen LogP contribution is -2.02. The van der Waals surface area contributed by atoms with E-state index < -0.39 is 5.97 Å². The normalized spacial score (nSPS) is 10.6. The van der Waals surface area contributed by atoms with E-state index in [0.717, 1.165) is 5.69 Å². The zero-order valence-electron chi connectivity index (χ0n) is 10.1. The van der Waals surface area contributed by atoms with E-state index in [0.29, 0.717) is 17.0 Å². The Balaban J connectivity index is 2.13. The van der Waals surface area contributed by atoms with Crippen LogP contribution in [0.4, 0.5) is 0 Å². The first-order valence-corrected chi connectivity index (χ1v) is 5.64. The summed E-state index contributed by atoms with van der Waals surface area (Å²) in [4.78, 5) is 15.7. The molecule has 94 valence electrons. The van der Waals surface area contributed by atoms with Crippen molar-refractivity contribution in [2.45, 2.75) is 0 Å². The van der Waals surface area contributed by atoms with Gasteiger partial charge in [0.1, 0.15) is 5.69 Å². The number of aromatic nitrogens is 4. The van der Waals surface area contributed by atoms with Crippen LogP contribution in [-0.4, -0.2) is 32.7 Å². The summed E-state index contributed by atoms with van der Waals surface area (Å²) in [7, 11) is 1.34. The number of rotatable bonds is 2. The predicted molar refractivity (Wildman–Crippen MR) is 67.6 cm³/mol. The van der Waals surface area contributed by atoms with Gasteiger partial charge in [0.15, 0.2) is 11.5 Å². The van der Waals surface area contributed by atoms with Gasteiger partial charge in [0.05, 0.1) is 12.7 Å². The summed E-state index contributed by atoms with van der Waals surface area (Å²) >= 11 is 0. The number of carbonyl (C=O) groups excluding carboxylic acids is 1. The molecule has 3 aromatic rings. The highest BCUT2D eigenvalue weighted by Crippen LogP contribution is 2.16. The van der Waals surface area contributed by atoms with Gasteiger partial charge in [-0.25, -0.2) is 4.79 Å². The molecule has 6 nitrogen and oxygen atoms in total. The number of ether oxygens (including phenoxy) is 1. The van der Waals surface area contributed by atoms with Gasteiger partial charge in [-0.15, -0.1) is 10.2 Å². The van der Waals surface area contributed by atoms with Crippen molar-refractivity contribution in [1.29, 1.82) is 0 Å². The molecule has 0 aliphatic heterocycles. The number of methoxy groups -OCH3 is 1. The van der Waals surface area contributed by atoms with Gasteiger partial charge in [-0.2, -0.15) is 0 Å². The quantitative estimate of drug-likeness (QED) is 0.649. The minimum Gasteiger partial charge on any atom is -0.465 e. The van der Waals surface area contributed by atoms with Gasteiger partial charge >= 0.3 is 5.97 Å². The fraction of sp³-hybridized carbons (Fsp3) is 0.0769. The monoisotopic (exact) mass is 254 g/mol. The summed E-state index contributed by atoms with van der Waals surface area (Å²) in [5.41, 5.74) is 1.74. The lowest BCUT2D eigenvalue weighted by Gasteiger charge is -2.01. The second kappa shape index (κ2) is 4.49. The van der Waals surface area contributed by atoms with E-state index in [9.17, 15) is 4.79 Å². The molecule has 0 unspecified atom stereocenters. The Morgan fingerprint density at radius 1 is 1.26 bits per heavy atom. The van der Waals surface area contributed by atoms with Gasteiger partial charge in [0.2, 0.25) is 0 Å². The highest BCUT2D eigenvalue weighted by atomic mass is 16.5. The molecule has 0 bridgehead atoms. The predicted octanol–water partition coefficient (Wildman–Crippen LogP) is 1.58. The third-order valence-electron chi connectivity index (χ3n) is 2.73. The van der Waals surface area contributed by atoms with Crippen LogP contribution in [0.1, 0.15) is 10.4 Å². The van der Waals surface area contributed by atoms with Gasteiger partial charge in [0, 0.05) is 12.4 Å². The topological polar surface area (TPSA) is 69.4 Å². The minimum absolute atomic E-state index is 0.398. The molecule has 6 heteroatoms. The maximum absolute atomic E-state index is 11.4. The van der Waals surface area contributed by atoms with Crippen LogP contribution in [0, 0.1) is 0 Å². The maximum Gasteiger partial charge on any atom is 0.338 e. The van der Waals surface area contributed by atoms with Crippen LogP contribution in [0.5, 0.6) is 0 Å². The van der Waals surface area contributed by atoms with E-state index in [2.05, 4.69) is 19.9 Å². The molecule has 0 saturated carbocycles. The van der Waals surface area contributed by atoms with Crippen LogP contribution >= 0.6 is 0 Å². The molecule has 3 heterocycles. The molecule has 0 aliphatic rings. The molecule has 3 rings (SSSR count). The molecule has 0 fully saturated rings. The number of nitrogens with zero attached hydrogens (tertiary/aromatic N) is 4. The second-order valence-electron chi connectivity index (χ2n) is 3.87. The van der Waals surface area contributed by atoms with Crippen LogP contribution in [0.3, 0.4) is 0 Å². The Labute approximate surface area is 108 Å². The Hall–Kier alpha value is -2.76. The zero-order chi connectivity index (χ0) is 13.2. The second-order valence-corrected chi connectivity index (χ2v) is 3.87. The van der Waals surface area contributed by atoms with Gasteiger partial charge in [-0.3, -0.25) is 9.38 Å². The van der Waals surface area contributed by atoms with Crippen molar-refractivity contribution in [1.82, 2.24) is 19.6 Å². The Kier molecular flexibility index (Phi) is 2.68. The van der Waals surface area contributed by atoms with Gasteiger partial charge in [-0.1, -0.05) is 6.07 Å². The first kappa shape index (κ1) is 11.3. The van der Waals surface area contributed by atoms with E-state index >= 15 is 0 Å². The van der Waals surface area contributed by atoms with Crippen molar-refractivity contribution in [2.24, 2.45) is 0 Å². The number of hydrogen-bond acceptors (Lipinski definition) is 5. The van der Waals surface area contributed by atoms with Crippen molar-refractivity contribution >= 4 is 11.6 Å². The number of carbonyl (C=O) groups is 1. The zero-order valence-corrected chi connectivity index (χ0v) is 10.1. The van der Waals surface area contributed by atoms with E-state index in [1.54, 1.807) is 28.9 Å². The minimum atomic E-state index is -0.398. The molecule has 0 aromatic carbocycles. The van der Waals surface area contributed by atoms with Crippen LogP contribution in [-0.2, 0) is 4.74 Å². The summed E-state index contributed by atoms with van der Waals surface area (Å²) in [6, 6.07) is 8.86. The smallest absolute Gasteiger partial charge is 0.338 e. The third kappa shape index (κ3) is 1.93. The van der Waals surface area contributed by atoms with Crippen LogP contribution in [0.15, 0.2) is 42.7 Å². The molecule has 19 heavy (non-hydrogen) atoms. The number of esters is 1. The Morgan fingerprint density at radius 2 is 2.16 bits per heavy atom. The summed E-state index contributed by atoms with van der Waals surface area (Å²) in [6.07, 6.45) is 3.42. The highest BCUT2D eigenvalue weighted by molar-refractivity contribution is 5.90. The number of pyridine rings is 2. The molecule has 0 atom stereocenters. The van der Waals surface area contributed by atoms with E-state index in [1.165, 1.54) is 7.11 Å². The summed E-state index contributed by atoms with van der Waals surface area (Å²) in [6.45, 7) is 0. The molecule has 0 N–H and O–H groups in total. The lowest BCUT2D eigenvalue weighted by molar-refractivity contribution is 0.0600. The van der Waals surface area contributed by atoms with Crippen molar-refractivity contribution in [3.05, 3.63) is 48.3 Å². The van der Waals surface area contributed by atoms with Crippen molar-refractivity contribution in [3.63, 3.8) is 0 Å². The Morgan fingerprint density at radius 3 is 2.89 bits per heavy atom. The first-order valence-electron chi connectivity index (χ1n) is 5.64. The SMILES string of the molecule is COC(=O)c1ccn2c(-c3ccccn3)nnc2c1. The Bertz CT molecular complexity index is 737. The molecule has 0 radical (unpaired) electrons. The summed E-state index contributed by atoms with van der Waals surface area (Å²) in [5.74, 6) is 0.233. The van der Waals surface area contributed by atoms with Crippen LogP contribution < -0.4 is 0 Å². The third-order valence-corrected chi connectivity index (χ3v) is 2.73. The average molecular weight is 254 g/mol. The average Bonchev–Trinajstić information content (AvgIpc) is 2.90. The van der Waals surface area contributed by atoms with Crippen LogP contribution in [0.25, 0.3) is 17.2 Å². The highest BCUT2D eigenvalue weighted by Gasteiger charge is 2.11. The number of fused-ring (bicyclic) bond motifs is 1. The van der Waals surface area contributed by atoms with Gasteiger partial charge in [0.25, 0.3) is 0 Å². The molecular weight excluding hydrogens is 244 g/mol. The fourth-order valence-corrected chi connectivity index (χ4v) is 1.81. The molecule has 0 amide bonds. The molecule has 0 saturated heterocycles. The number of hydrogen-bond donors (Lipinski definition) is 0. The fourth-order valence-electron chi connectivity index (χ4n) is 1.81. The van der Waals surface area contributed by atoms with E-state index in [4.69, 9.17) is 0 Å². The largest absolute Gasteiger partial charge is 0.465 e. The van der Waals surface area contributed by atoms with E-state index in [1.807, 2.05) is 18.2 Å². The first-order chi connectivity index (χ1) is 9.29. The maximum atomic E-state index is 11.4. The summed E-state index contributed by atoms with van der Waals surface area (Å²) in [5, 5.41) is 8.13. The molecule has 0 aliphatic carbocycles. The van der Waals surface area contributed by atoms with Crippen molar-refractivity contribution < 1.29 is 9.53 Å². The van der Waals surface area contributed by atoms with Crippen molar-refractivity contribution in [2.75, 3.05) is 7.11 Å². The molecular formula is C13H10N4O2. The standard InChI is InChI=1S/C13H10N4O2/c1-19-13(18)9-5-7-17-11(8-9)15-16-12(17)10-4-2-3-6-14-10/h2-8H,1H3. The van der Waals surface area contributed by atoms with Crippen LogP contribution in [0.2, 0.25) is 0 Å². The van der Waals surface area contributed by atoms with E-state index in [-0.39, 0.29) is 0 Å². The van der Waals surface area contributed by atoms with Gasteiger partial charge < -0.3 is 4.74 Å². The lowest BCUT2D eigenvalue weighted by atomic mass is 10.2. The summed E-state index contributed by atoms with van der Waals surface area (Å²) < 4.78 is 6.44.